The van der Waals surface area contributed by atoms with Crippen molar-refractivity contribution < 1.29 is 5.11 Å². The van der Waals surface area contributed by atoms with Crippen LogP contribution in [-0.2, 0) is 5.60 Å². The summed E-state index contributed by atoms with van der Waals surface area (Å²) in [6, 6.07) is 2.30. The largest absolute Gasteiger partial charge is 0.383 e. The summed E-state index contributed by atoms with van der Waals surface area (Å²) in [4.78, 5) is 8.10. The fourth-order valence-electron chi connectivity index (χ4n) is 3.16. The highest BCUT2D eigenvalue weighted by molar-refractivity contribution is 5.15. The Morgan fingerprint density at radius 2 is 2.38 bits per heavy atom. The van der Waals surface area contributed by atoms with Gasteiger partial charge >= 0.3 is 0 Å². The van der Waals surface area contributed by atoms with E-state index in [0.29, 0.717) is 12.0 Å². The van der Waals surface area contributed by atoms with Gasteiger partial charge < -0.3 is 10.4 Å². The first-order valence-corrected chi connectivity index (χ1v) is 6.00. The van der Waals surface area contributed by atoms with Crippen molar-refractivity contribution in [1.82, 2.24) is 15.3 Å². The van der Waals surface area contributed by atoms with Gasteiger partial charge in [-0.25, -0.2) is 9.97 Å². The molecule has 0 amide bonds. The van der Waals surface area contributed by atoms with Gasteiger partial charge in [0.1, 0.15) is 11.9 Å². The van der Waals surface area contributed by atoms with E-state index in [1.807, 2.05) is 6.07 Å². The molecule has 86 valence electrons. The number of rotatable bonds is 1. The van der Waals surface area contributed by atoms with Crippen LogP contribution in [0.5, 0.6) is 0 Å². The molecular weight excluding hydrogens is 202 g/mol. The van der Waals surface area contributed by atoms with Crippen molar-refractivity contribution in [3.05, 3.63) is 24.3 Å². The van der Waals surface area contributed by atoms with Crippen LogP contribution in [0.2, 0.25) is 0 Å². The minimum absolute atomic E-state index is 0.466. The molecule has 3 rings (SSSR count). The fourth-order valence-corrected chi connectivity index (χ4v) is 3.16. The Morgan fingerprint density at radius 1 is 1.44 bits per heavy atom. The first-order valence-electron chi connectivity index (χ1n) is 6.00. The first kappa shape index (κ1) is 10.2. The number of aromatic nitrogens is 2. The van der Waals surface area contributed by atoms with Gasteiger partial charge in [0.25, 0.3) is 0 Å². The SMILES string of the molecule is OC1(c2ccncn2)CC2CCCNC2C1. The van der Waals surface area contributed by atoms with Gasteiger partial charge in [0, 0.05) is 12.2 Å². The van der Waals surface area contributed by atoms with E-state index in [9.17, 15) is 5.11 Å². The van der Waals surface area contributed by atoms with E-state index in [-0.39, 0.29) is 0 Å². The van der Waals surface area contributed by atoms with E-state index in [1.54, 1.807) is 6.20 Å². The molecule has 3 unspecified atom stereocenters. The highest BCUT2D eigenvalue weighted by Crippen LogP contribution is 2.44. The predicted molar refractivity (Wildman–Crippen MR) is 59.7 cm³/mol. The molecule has 3 atom stereocenters. The van der Waals surface area contributed by atoms with E-state index in [4.69, 9.17) is 0 Å². The van der Waals surface area contributed by atoms with Crippen molar-refractivity contribution in [1.29, 1.82) is 0 Å². The molecule has 0 aromatic carbocycles. The summed E-state index contributed by atoms with van der Waals surface area (Å²) in [5.74, 6) is 0.605. The Kier molecular flexibility index (Phi) is 2.41. The molecule has 1 aliphatic carbocycles. The smallest absolute Gasteiger partial charge is 0.115 e. The van der Waals surface area contributed by atoms with E-state index >= 15 is 0 Å². The van der Waals surface area contributed by atoms with Gasteiger partial charge in [-0.05, 0) is 44.2 Å². The van der Waals surface area contributed by atoms with Gasteiger partial charge in [-0.3, -0.25) is 0 Å². The highest BCUT2D eigenvalue weighted by atomic mass is 16.3. The normalized spacial score (nSPS) is 38.3. The molecule has 1 aliphatic heterocycles. The van der Waals surface area contributed by atoms with E-state index in [2.05, 4.69) is 15.3 Å². The first-order chi connectivity index (χ1) is 7.78. The topological polar surface area (TPSA) is 58.0 Å². The molecule has 2 aliphatic rings. The van der Waals surface area contributed by atoms with Gasteiger partial charge in [0.05, 0.1) is 5.69 Å². The standard InChI is InChI=1S/C12H17N3O/c16-12(11-3-5-13-8-15-11)6-9-2-1-4-14-10(9)7-12/h3,5,8-10,14,16H,1-2,4,6-7H2. The lowest BCUT2D eigenvalue weighted by Crippen LogP contribution is -2.38. The lowest BCUT2D eigenvalue weighted by Gasteiger charge is -2.25. The van der Waals surface area contributed by atoms with Crippen LogP contribution in [0.15, 0.2) is 18.6 Å². The molecular formula is C12H17N3O. The zero-order valence-corrected chi connectivity index (χ0v) is 9.26. The Bertz CT molecular complexity index is 354. The molecule has 16 heavy (non-hydrogen) atoms. The summed E-state index contributed by atoms with van der Waals surface area (Å²) in [6.45, 7) is 1.08. The molecule has 0 radical (unpaired) electrons. The lowest BCUT2D eigenvalue weighted by molar-refractivity contribution is 0.0343. The number of nitrogens with zero attached hydrogens (tertiary/aromatic N) is 2. The molecule has 1 saturated heterocycles. The number of aliphatic hydroxyl groups is 1. The van der Waals surface area contributed by atoms with Crippen molar-refractivity contribution in [2.45, 2.75) is 37.3 Å². The number of piperidine rings is 1. The summed E-state index contributed by atoms with van der Waals surface area (Å²) in [5.41, 5.74) is 0.0361. The van der Waals surface area contributed by atoms with Crippen LogP contribution in [0.4, 0.5) is 0 Å². The summed E-state index contributed by atoms with van der Waals surface area (Å²) in [6.07, 6.45) is 7.29. The van der Waals surface area contributed by atoms with Gasteiger partial charge in [0.15, 0.2) is 0 Å². The molecule has 1 aromatic rings. The molecule has 0 bridgehead atoms. The Balaban J connectivity index is 1.85. The average Bonchev–Trinajstić information content (AvgIpc) is 2.68. The average molecular weight is 219 g/mol. The molecule has 4 heteroatoms. The third kappa shape index (κ3) is 1.62. The third-order valence-corrected chi connectivity index (χ3v) is 3.94. The van der Waals surface area contributed by atoms with E-state index in [0.717, 1.165) is 25.1 Å². The van der Waals surface area contributed by atoms with Crippen molar-refractivity contribution >= 4 is 0 Å². The minimum Gasteiger partial charge on any atom is -0.383 e. The molecule has 2 fully saturated rings. The van der Waals surface area contributed by atoms with E-state index in [1.165, 1.54) is 19.2 Å². The van der Waals surface area contributed by atoms with Crippen LogP contribution >= 0.6 is 0 Å². The molecule has 1 saturated carbocycles. The maximum atomic E-state index is 10.7. The number of nitrogens with one attached hydrogen (secondary N) is 1. The molecule has 1 aromatic heterocycles. The van der Waals surface area contributed by atoms with Gasteiger partial charge in [0.2, 0.25) is 0 Å². The summed E-state index contributed by atoms with van der Waals surface area (Å²) >= 11 is 0. The van der Waals surface area contributed by atoms with Gasteiger partial charge in [-0.1, -0.05) is 0 Å². The monoisotopic (exact) mass is 219 g/mol. The van der Waals surface area contributed by atoms with Crippen molar-refractivity contribution in [2.24, 2.45) is 5.92 Å². The number of hydrogen-bond acceptors (Lipinski definition) is 4. The summed E-state index contributed by atoms with van der Waals surface area (Å²) < 4.78 is 0. The van der Waals surface area contributed by atoms with Crippen molar-refractivity contribution in [2.75, 3.05) is 6.54 Å². The summed E-state index contributed by atoms with van der Waals surface area (Å²) in [7, 11) is 0. The van der Waals surface area contributed by atoms with Crippen LogP contribution in [0.3, 0.4) is 0 Å². The molecule has 0 spiro atoms. The Morgan fingerprint density at radius 3 is 3.12 bits per heavy atom. The zero-order chi connectivity index (χ0) is 11.0. The fraction of sp³-hybridized carbons (Fsp3) is 0.667. The minimum atomic E-state index is -0.740. The Labute approximate surface area is 95.1 Å². The maximum Gasteiger partial charge on any atom is 0.115 e. The second-order valence-electron chi connectivity index (χ2n) is 5.00. The van der Waals surface area contributed by atoms with Gasteiger partial charge in [-0.15, -0.1) is 0 Å². The second-order valence-corrected chi connectivity index (χ2v) is 5.00. The molecule has 2 N–H and O–H groups in total. The second kappa shape index (κ2) is 3.79. The van der Waals surface area contributed by atoms with Crippen LogP contribution < -0.4 is 5.32 Å². The van der Waals surface area contributed by atoms with E-state index < -0.39 is 5.60 Å². The number of fused-ring (bicyclic) bond motifs is 1. The van der Waals surface area contributed by atoms with Crippen LogP contribution in [0, 0.1) is 5.92 Å². The zero-order valence-electron chi connectivity index (χ0n) is 9.26. The molecule has 2 heterocycles. The Hall–Kier alpha value is -1.00. The van der Waals surface area contributed by atoms with Gasteiger partial charge in [-0.2, -0.15) is 0 Å². The molecule has 4 nitrogen and oxygen atoms in total. The third-order valence-electron chi connectivity index (χ3n) is 3.94. The van der Waals surface area contributed by atoms with Crippen LogP contribution in [0.25, 0.3) is 0 Å². The lowest BCUT2D eigenvalue weighted by atomic mass is 9.92. The number of hydrogen-bond donors (Lipinski definition) is 2. The maximum absolute atomic E-state index is 10.7. The quantitative estimate of drug-likeness (QED) is 0.734. The predicted octanol–water partition coefficient (Wildman–Crippen LogP) is 0.826. The summed E-state index contributed by atoms with van der Waals surface area (Å²) in [5, 5.41) is 14.2. The van der Waals surface area contributed by atoms with Crippen molar-refractivity contribution in [3.63, 3.8) is 0 Å². The van der Waals surface area contributed by atoms with Crippen LogP contribution in [0.1, 0.15) is 31.4 Å². The van der Waals surface area contributed by atoms with Crippen molar-refractivity contribution in [3.8, 4) is 0 Å². The van der Waals surface area contributed by atoms with Crippen LogP contribution in [-0.4, -0.2) is 27.7 Å². The highest BCUT2D eigenvalue weighted by Gasteiger charge is 2.46.